The van der Waals surface area contributed by atoms with Crippen molar-refractivity contribution in [3.05, 3.63) is 106 Å². The maximum atomic E-state index is 12.8. The van der Waals surface area contributed by atoms with Gasteiger partial charge in [-0.2, -0.15) is 0 Å². The molecule has 0 aliphatic carbocycles. The number of benzene rings is 3. The van der Waals surface area contributed by atoms with Crippen molar-refractivity contribution in [2.75, 3.05) is 19.6 Å². The number of aromatic nitrogens is 1. The third kappa shape index (κ3) is 5.94. The number of fused-ring (bicyclic) bond motifs is 1. The third-order valence-corrected chi connectivity index (χ3v) is 7.67. The summed E-state index contributed by atoms with van der Waals surface area (Å²) >= 11 is 13.0. The van der Waals surface area contributed by atoms with Gasteiger partial charge in [-0.3, -0.25) is 4.90 Å². The number of para-hydroxylation sites is 1. The number of ether oxygens (including phenoxy) is 1. The highest BCUT2D eigenvalue weighted by Crippen LogP contribution is 2.29. The lowest BCUT2D eigenvalue weighted by Crippen LogP contribution is -2.44. The maximum absolute atomic E-state index is 12.8. The summed E-state index contributed by atoms with van der Waals surface area (Å²) in [6.07, 6.45) is 1.63. The summed E-state index contributed by atoms with van der Waals surface area (Å²) in [7, 11) is 0. The van der Waals surface area contributed by atoms with Crippen molar-refractivity contribution in [3.8, 4) is 0 Å². The number of H-pyrrole nitrogens is 1. The molecule has 6 nitrogen and oxygen atoms in total. The van der Waals surface area contributed by atoms with Crippen LogP contribution in [0.4, 0.5) is 4.79 Å². The van der Waals surface area contributed by atoms with Crippen LogP contribution in [0.1, 0.15) is 16.7 Å². The zero-order valence-corrected chi connectivity index (χ0v) is 21.8. The number of aromatic amines is 1. The maximum Gasteiger partial charge on any atom is 0.410 e. The Morgan fingerprint density at radius 2 is 1.73 bits per heavy atom. The molecule has 1 amide bonds. The van der Waals surface area contributed by atoms with Gasteiger partial charge < -0.3 is 19.7 Å². The van der Waals surface area contributed by atoms with Crippen LogP contribution < -0.4 is 0 Å². The van der Waals surface area contributed by atoms with Crippen LogP contribution in [0.5, 0.6) is 0 Å². The number of hydrogen-bond acceptors (Lipinski definition) is 4. The summed E-state index contributed by atoms with van der Waals surface area (Å²) in [6.45, 7) is 1.85. The van der Waals surface area contributed by atoms with Gasteiger partial charge in [0, 0.05) is 52.3 Å². The van der Waals surface area contributed by atoms with E-state index in [2.05, 4.69) is 22.0 Å². The van der Waals surface area contributed by atoms with E-state index < -0.39 is 12.2 Å². The number of rotatable bonds is 8. The normalized spacial score (nSPS) is 17.6. The second-order valence-corrected chi connectivity index (χ2v) is 10.2. The molecule has 0 saturated carbocycles. The fraction of sp³-hybridized carbons (Fsp3) is 0.276. The average Bonchev–Trinajstić information content (AvgIpc) is 3.51. The number of nitrogens with one attached hydrogen (secondary N) is 1. The van der Waals surface area contributed by atoms with E-state index in [0.717, 1.165) is 23.1 Å². The largest absolute Gasteiger partial charge is 0.445 e. The quantitative estimate of drug-likeness (QED) is 0.293. The molecule has 0 radical (unpaired) electrons. The lowest BCUT2D eigenvalue weighted by molar-refractivity contribution is 0.0783. The number of halogens is 2. The molecule has 4 aromatic rings. The third-order valence-electron chi connectivity index (χ3n) is 6.96. The molecule has 1 aliphatic heterocycles. The smallest absolute Gasteiger partial charge is 0.410 e. The lowest BCUT2D eigenvalue weighted by atomic mass is 10.1. The Morgan fingerprint density at radius 3 is 2.51 bits per heavy atom. The molecule has 192 valence electrons. The van der Waals surface area contributed by atoms with Crippen LogP contribution in [0.2, 0.25) is 10.0 Å². The standard InChI is InChI=1S/C29H29Cl2N3O3/c30-24-10-6-11-25(31)23(24)16-33(14-13-21-15-32-26-12-5-4-9-22(21)26)27-17-34(18-28(27)35)29(36)37-19-20-7-2-1-3-8-20/h1-12,15,27-28,32,35H,13-14,16-19H2/t27-,28-/m1/s1. The van der Waals surface area contributed by atoms with Crippen LogP contribution in [-0.4, -0.2) is 57.8 Å². The molecule has 2 atom stereocenters. The van der Waals surface area contributed by atoms with Crippen LogP contribution in [0.3, 0.4) is 0 Å². The van der Waals surface area contributed by atoms with E-state index in [1.165, 1.54) is 10.9 Å². The summed E-state index contributed by atoms with van der Waals surface area (Å²) < 4.78 is 5.52. The van der Waals surface area contributed by atoms with E-state index in [-0.39, 0.29) is 19.2 Å². The summed E-state index contributed by atoms with van der Waals surface area (Å²) in [4.78, 5) is 19.9. The van der Waals surface area contributed by atoms with Crippen molar-refractivity contribution in [1.29, 1.82) is 0 Å². The molecule has 1 saturated heterocycles. The van der Waals surface area contributed by atoms with Crippen LogP contribution >= 0.6 is 23.2 Å². The molecule has 8 heteroatoms. The Morgan fingerprint density at radius 1 is 1.00 bits per heavy atom. The Labute approximate surface area is 226 Å². The second-order valence-electron chi connectivity index (χ2n) is 9.36. The molecule has 0 bridgehead atoms. The first kappa shape index (κ1) is 25.6. The topological polar surface area (TPSA) is 68.8 Å². The van der Waals surface area contributed by atoms with E-state index in [4.69, 9.17) is 27.9 Å². The van der Waals surface area contributed by atoms with Crippen molar-refractivity contribution >= 4 is 40.2 Å². The lowest BCUT2D eigenvalue weighted by Gasteiger charge is -2.31. The molecule has 1 fully saturated rings. The fourth-order valence-electron chi connectivity index (χ4n) is 4.94. The van der Waals surface area contributed by atoms with Gasteiger partial charge in [-0.05, 0) is 35.7 Å². The second kappa shape index (κ2) is 11.6. The zero-order valence-electron chi connectivity index (χ0n) is 20.3. The van der Waals surface area contributed by atoms with Gasteiger partial charge in [0.05, 0.1) is 18.7 Å². The molecule has 5 rings (SSSR count). The Hall–Kier alpha value is -3.03. The highest BCUT2D eigenvalue weighted by Gasteiger charge is 2.38. The molecule has 0 unspecified atom stereocenters. The number of nitrogens with zero attached hydrogens (tertiary/aromatic N) is 2. The predicted octanol–water partition coefficient (Wildman–Crippen LogP) is 5.90. The zero-order chi connectivity index (χ0) is 25.8. The summed E-state index contributed by atoms with van der Waals surface area (Å²) in [5.74, 6) is 0. The minimum absolute atomic E-state index is 0.191. The van der Waals surface area contributed by atoms with E-state index >= 15 is 0 Å². The van der Waals surface area contributed by atoms with Crippen LogP contribution in [0.25, 0.3) is 10.9 Å². The fourth-order valence-corrected chi connectivity index (χ4v) is 5.46. The van der Waals surface area contributed by atoms with Gasteiger partial charge in [0.15, 0.2) is 0 Å². The first-order valence-corrected chi connectivity index (χ1v) is 13.1. The van der Waals surface area contributed by atoms with Gasteiger partial charge in [-0.25, -0.2) is 4.79 Å². The Balaban J connectivity index is 1.32. The molecule has 2 heterocycles. The molecule has 37 heavy (non-hydrogen) atoms. The Kier molecular flexibility index (Phi) is 8.01. The molecule has 1 aliphatic rings. The minimum Gasteiger partial charge on any atom is -0.445 e. The van der Waals surface area contributed by atoms with Crippen LogP contribution in [-0.2, 0) is 24.3 Å². The number of carbonyl (C=O) groups excluding carboxylic acids is 1. The van der Waals surface area contributed by atoms with Crippen LogP contribution in [0, 0.1) is 0 Å². The molecule has 2 N–H and O–H groups in total. The average molecular weight is 538 g/mol. The highest BCUT2D eigenvalue weighted by molar-refractivity contribution is 6.35. The highest BCUT2D eigenvalue weighted by atomic mass is 35.5. The molecule has 1 aromatic heterocycles. The van der Waals surface area contributed by atoms with Gasteiger partial charge in [0.1, 0.15) is 6.61 Å². The Bertz CT molecular complexity index is 1340. The van der Waals surface area contributed by atoms with E-state index in [9.17, 15) is 9.90 Å². The summed E-state index contributed by atoms with van der Waals surface area (Å²) in [5.41, 5.74) is 4.01. The first-order chi connectivity index (χ1) is 18.0. The SMILES string of the molecule is O=C(OCc1ccccc1)N1C[C@@H](O)[C@H](N(CCc2c[nH]c3ccccc23)Cc2c(Cl)cccc2Cl)C1. The summed E-state index contributed by atoms with van der Waals surface area (Å²) in [6, 6.07) is 22.9. The molecule has 3 aromatic carbocycles. The van der Waals surface area contributed by atoms with Gasteiger partial charge in [0.25, 0.3) is 0 Å². The predicted molar refractivity (Wildman–Crippen MR) is 147 cm³/mol. The monoisotopic (exact) mass is 537 g/mol. The first-order valence-electron chi connectivity index (χ1n) is 12.3. The number of aliphatic hydroxyl groups is 1. The number of likely N-dealkylation sites (tertiary alicyclic amines) is 1. The molecular formula is C29H29Cl2N3O3. The van der Waals surface area contributed by atoms with E-state index in [1.807, 2.05) is 66.9 Å². The number of amides is 1. The number of β-amino-alcohol motifs (C(OH)–C–C–N with tert-alkyl or cyclic N) is 1. The summed E-state index contributed by atoms with van der Waals surface area (Å²) in [5, 5.41) is 13.4. The van der Waals surface area contributed by atoms with Gasteiger partial charge in [-0.1, -0.05) is 77.8 Å². The number of hydrogen-bond donors (Lipinski definition) is 2. The molecule has 0 spiro atoms. The van der Waals surface area contributed by atoms with Crippen molar-refractivity contribution in [2.24, 2.45) is 0 Å². The van der Waals surface area contributed by atoms with Crippen molar-refractivity contribution < 1.29 is 14.6 Å². The van der Waals surface area contributed by atoms with Crippen LogP contribution in [0.15, 0.2) is 79.0 Å². The van der Waals surface area contributed by atoms with Gasteiger partial charge in [-0.15, -0.1) is 0 Å². The van der Waals surface area contributed by atoms with Crippen molar-refractivity contribution in [2.45, 2.75) is 31.7 Å². The number of aliphatic hydroxyl groups excluding tert-OH is 1. The molecular weight excluding hydrogens is 509 g/mol. The van der Waals surface area contributed by atoms with E-state index in [1.54, 1.807) is 4.90 Å². The van der Waals surface area contributed by atoms with Crippen molar-refractivity contribution in [3.63, 3.8) is 0 Å². The number of carbonyl (C=O) groups is 1. The van der Waals surface area contributed by atoms with E-state index in [0.29, 0.717) is 29.7 Å². The van der Waals surface area contributed by atoms with Gasteiger partial charge in [0.2, 0.25) is 0 Å². The van der Waals surface area contributed by atoms with Crippen molar-refractivity contribution in [1.82, 2.24) is 14.8 Å². The van der Waals surface area contributed by atoms with Gasteiger partial charge >= 0.3 is 6.09 Å². The minimum atomic E-state index is -0.728.